The van der Waals surface area contributed by atoms with Crippen molar-refractivity contribution < 1.29 is 22.8 Å². The largest absolute Gasteiger partial charge is 0.435 e. The quantitative estimate of drug-likeness (QED) is 0.829. The van der Waals surface area contributed by atoms with E-state index in [4.69, 9.17) is 0 Å². The third kappa shape index (κ3) is 4.66. The molecular weight excluding hydrogens is 361 g/mol. The maximum absolute atomic E-state index is 12.9. The first-order valence-electron chi connectivity index (χ1n) is 8.41. The molecule has 146 valence electrons. The van der Waals surface area contributed by atoms with Crippen LogP contribution in [0, 0.1) is 6.92 Å². The Labute approximate surface area is 154 Å². The zero-order valence-corrected chi connectivity index (χ0v) is 15.4. The Kier molecular flexibility index (Phi) is 5.92. The van der Waals surface area contributed by atoms with Crippen LogP contribution in [0.3, 0.4) is 0 Å². The highest BCUT2D eigenvalue weighted by atomic mass is 19.4. The predicted octanol–water partition coefficient (Wildman–Crippen LogP) is 3.62. The zero-order valence-electron chi connectivity index (χ0n) is 15.4. The van der Waals surface area contributed by atoms with Gasteiger partial charge in [-0.25, -0.2) is 4.68 Å². The van der Waals surface area contributed by atoms with E-state index in [2.05, 4.69) is 15.7 Å². The molecule has 2 N–H and O–H groups in total. The molecule has 0 bridgehead atoms. The maximum Gasteiger partial charge on any atom is 0.435 e. The van der Waals surface area contributed by atoms with Gasteiger partial charge in [-0.1, -0.05) is 12.1 Å². The van der Waals surface area contributed by atoms with E-state index in [0.717, 1.165) is 10.7 Å². The first-order chi connectivity index (χ1) is 12.5. The van der Waals surface area contributed by atoms with Crippen molar-refractivity contribution in [2.75, 3.05) is 5.32 Å². The van der Waals surface area contributed by atoms with Crippen molar-refractivity contribution in [3.8, 4) is 0 Å². The van der Waals surface area contributed by atoms with Crippen molar-refractivity contribution in [1.29, 1.82) is 0 Å². The van der Waals surface area contributed by atoms with Gasteiger partial charge in [-0.15, -0.1) is 0 Å². The van der Waals surface area contributed by atoms with Gasteiger partial charge in [0.05, 0.1) is 11.1 Å². The molecule has 2 rings (SSSR count). The summed E-state index contributed by atoms with van der Waals surface area (Å²) in [5, 5.41) is 8.61. The molecule has 6 nitrogen and oxygen atoms in total. The number of halogens is 3. The highest BCUT2D eigenvalue weighted by molar-refractivity contribution is 6.12. The minimum absolute atomic E-state index is 0.0895. The molecule has 0 fully saturated rings. The van der Waals surface area contributed by atoms with Crippen LogP contribution >= 0.6 is 0 Å². The number of hydrogen-bond acceptors (Lipinski definition) is 3. The molecule has 0 saturated carbocycles. The molecule has 27 heavy (non-hydrogen) atoms. The fourth-order valence-electron chi connectivity index (χ4n) is 2.57. The highest BCUT2D eigenvalue weighted by Gasteiger charge is 2.35. The Morgan fingerprint density at radius 3 is 2.44 bits per heavy atom. The van der Waals surface area contributed by atoms with Crippen LogP contribution in [0.15, 0.2) is 24.3 Å². The third-order valence-corrected chi connectivity index (χ3v) is 3.78. The lowest BCUT2D eigenvalue weighted by Gasteiger charge is -2.14. The highest BCUT2D eigenvalue weighted by Crippen LogP contribution is 2.30. The molecule has 0 unspecified atom stereocenters. The average Bonchev–Trinajstić information content (AvgIpc) is 2.96. The van der Waals surface area contributed by atoms with Crippen LogP contribution in [-0.4, -0.2) is 27.6 Å². The Morgan fingerprint density at radius 1 is 1.22 bits per heavy atom. The summed E-state index contributed by atoms with van der Waals surface area (Å²) >= 11 is 0. The third-order valence-electron chi connectivity index (χ3n) is 3.78. The Morgan fingerprint density at radius 2 is 1.89 bits per heavy atom. The molecule has 2 aromatic rings. The van der Waals surface area contributed by atoms with Gasteiger partial charge in [-0.05, 0) is 39.3 Å². The second-order valence-corrected chi connectivity index (χ2v) is 6.31. The smallest absolute Gasteiger partial charge is 0.350 e. The summed E-state index contributed by atoms with van der Waals surface area (Å²) in [5.74, 6) is -1.20. The number of aromatic nitrogens is 2. The lowest BCUT2D eigenvalue weighted by atomic mass is 10.00. The summed E-state index contributed by atoms with van der Waals surface area (Å²) in [4.78, 5) is 25.1. The number of rotatable bonds is 5. The number of amides is 2. The number of aryl methyl sites for hydroxylation is 2. The lowest BCUT2D eigenvalue weighted by molar-refractivity contribution is -0.141. The van der Waals surface area contributed by atoms with Gasteiger partial charge in [0, 0.05) is 18.7 Å². The number of nitrogens with one attached hydrogen (secondary N) is 2. The van der Waals surface area contributed by atoms with Crippen LogP contribution in [0.1, 0.15) is 52.7 Å². The van der Waals surface area contributed by atoms with E-state index in [0.29, 0.717) is 5.56 Å². The van der Waals surface area contributed by atoms with Crippen molar-refractivity contribution in [2.24, 2.45) is 0 Å². The Hall–Kier alpha value is -2.84. The van der Waals surface area contributed by atoms with Crippen molar-refractivity contribution in [3.05, 3.63) is 46.6 Å². The number of anilines is 1. The van der Waals surface area contributed by atoms with Gasteiger partial charge in [-0.2, -0.15) is 18.3 Å². The molecule has 1 heterocycles. The molecule has 2 amide bonds. The predicted molar refractivity (Wildman–Crippen MR) is 94.6 cm³/mol. The molecular formula is C18H21F3N4O2. The van der Waals surface area contributed by atoms with E-state index in [9.17, 15) is 22.8 Å². The minimum atomic E-state index is -4.62. The van der Waals surface area contributed by atoms with Crippen LogP contribution in [-0.2, 0) is 12.7 Å². The first kappa shape index (κ1) is 20.5. The van der Waals surface area contributed by atoms with Crippen LogP contribution in [0.4, 0.5) is 19.0 Å². The first-order valence-corrected chi connectivity index (χ1v) is 8.41. The standard InChI is InChI=1S/C18H21F3N4O2/c1-5-25-14(9-13(24-25)18(19,20)21)23-17(27)15-11(4)7-6-8-12(15)16(26)22-10(2)3/h6-10H,5H2,1-4H3,(H,22,26)(H,23,27). The Bertz CT molecular complexity index is 857. The molecule has 0 aliphatic carbocycles. The van der Waals surface area contributed by atoms with Crippen LogP contribution in [0.25, 0.3) is 0 Å². The van der Waals surface area contributed by atoms with Gasteiger partial charge in [-0.3, -0.25) is 9.59 Å². The van der Waals surface area contributed by atoms with E-state index >= 15 is 0 Å². The van der Waals surface area contributed by atoms with Gasteiger partial charge < -0.3 is 10.6 Å². The molecule has 0 radical (unpaired) electrons. The molecule has 0 spiro atoms. The van der Waals surface area contributed by atoms with E-state index in [1.54, 1.807) is 39.8 Å². The SMILES string of the molecule is CCn1nc(C(F)(F)F)cc1NC(=O)c1c(C)cccc1C(=O)NC(C)C. The summed E-state index contributed by atoms with van der Waals surface area (Å²) in [6.45, 7) is 6.97. The molecule has 0 atom stereocenters. The van der Waals surface area contributed by atoms with Crippen molar-refractivity contribution in [2.45, 2.75) is 46.5 Å². The van der Waals surface area contributed by atoms with E-state index in [1.165, 1.54) is 6.07 Å². The average molecular weight is 382 g/mol. The molecule has 0 saturated heterocycles. The van der Waals surface area contributed by atoms with Crippen LogP contribution in [0.2, 0.25) is 0 Å². The minimum Gasteiger partial charge on any atom is -0.350 e. The summed E-state index contributed by atoms with van der Waals surface area (Å²) in [5.41, 5.74) is -0.308. The van der Waals surface area contributed by atoms with Crippen LogP contribution < -0.4 is 10.6 Å². The van der Waals surface area contributed by atoms with Crippen molar-refractivity contribution >= 4 is 17.6 Å². The second kappa shape index (κ2) is 7.81. The van der Waals surface area contributed by atoms with Gasteiger partial charge in [0.25, 0.3) is 11.8 Å². The topological polar surface area (TPSA) is 76.0 Å². The van der Waals surface area contributed by atoms with E-state index < -0.39 is 23.7 Å². The molecule has 1 aromatic carbocycles. The summed E-state index contributed by atoms with van der Waals surface area (Å²) < 4.78 is 39.7. The number of hydrogen-bond donors (Lipinski definition) is 2. The fourth-order valence-corrected chi connectivity index (χ4v) is 2.57. The monoisotopic (exact) mass is 382 g/mol. The van der Waals surface area contributed by atoms with Gasteiger partial charge >= 0.3 is 6.18 Å². The van der Waals surface area contributed by atoms with E-state index in [1.807, 2.05) is 0 Å². The number of alkyl halides is 3. The summed E-state index contributed by atoms with van der Waals surface area (Å²) in [6.07, 6.45) is -4.62. The molecule has 1 aromatic heterocycles. The number of benzene rings is 1. The fraction of sp³-hybridized carbons (Fsp3) is 0.389. The van der Waals surface area contributed by atoms with Crippen molar-refractivity contribution in [1.82, 2.24) is 15.1 Å². The number of nitrogens with zero attached hydrogens (tertiary/aromatic N) is 2. The second-order valence-electron chi connectivity index (χ2n) is 6.31. The normalized spacial score (nSPS) is 11.6. The maximum atomic E-state index is 12.9. The molecule has 0 aliphatic rings. The summed E-state index contributed by atoms with van der Waals surface area (Å²) in [7, 11) is 0. The van der Waals surface area contributed by atoms with Gasteiger partial charge in [0.15, 0.2) is 5.69 Å². The number of carbonyl (C=O) groups excluding carboxylic acids is 2. The van der Waals surface area contributed by atoms with Crippen LogP contribution in [0.5, 0.6) is 0 Å². The van der Waals surface area contributed by atoms with Gasteiger partial charge in [0.1, 0.15) is 5.82 Å². The molecule has 0 aliphatic heterocycles. The lowest BCUT2D eigenvalue weighted by Crippen LogP contribution is -2.32. The molecule has 9 heteroatoms. The van der Waals surface area contributed by atoms with E-state index in [-0.39, 0.29) is 29.5 Å². The summed E-state index contributed by atoms with van der Waals surface area (Å²) in [6, 6.07) is 5.43. The van der Waals surface area contributed by atoms with Crippen molar-refractivity contribution in [3.63, 3.8) is 0 Å². The Balaban J connectivity index is 2.40. The zero-order chi connectivity index (χ0) is 20.4. The number of carbonyl (C=O) groups is 2. The van der Waals surface area contributed by atoms with Gasteiger partial charge in [0.2, 0.25) is 0 Å².